The normalized spacial score (nSPS) is 20.4. The molecule has 1 N–H and O–H groups in total. The molecule has 0 aliphatic carbocycles. The van der Waals surface area contributed by atoms with Crippen molar-refractivity contribution >= 4 is 33.8 Å². The predicted octanol–water partition coefficient (Wildman–Crippen LogP) is 4.00. The highest BCUT2D eigenvalue weighted by atomic mass is 127. The number of para-hydroxylation sites is 1. The first kappa shape index (κ1) is 17.2. The van der Waals surface area contributed by atoms with Gasteiger partial charge in [0.05, 0.1) is 29.0 Å². The largest absolute Gasteiger partial charge is 0.471 e. The van der Waals surface area contributed by atoms with Gasteiger partial charge in [-0.15, -0.1) is 0 Å². The van der Waals surface area contributed by atoms with Crippen LogP contribution in [-0.2, 0) is 0 Å². The lowest BCUT2D eigenvalue weighted by Crippen LogP contribution is -2.30. The lowest BCUT2D eigenvalue weighted by Gasteiger charge is -2.20. The fraction of sp³-hybridized carbons (Fsp3) is 0.316. The minimum atomic E-state index is 0.136. The third kappa shape index (κ3) is 2.93. The summed E-state index contributed by atoms with van der Waals surface area (Å²) in [6, 6.07) is 8.24. The minimum Gasteiger partial charge on any atom is -0.471 e. The van der Waals surface area contributed by atoms with E-state index in [-0.39, 0.29) is 6.10 Å². The number of nitriles is 1. The number of hydrogen-bond acceptors (Lipinski definition) is 5. The molecular weight excluding hydrogens is 441 g/mol. The van der Waals surface area contributed by atoms with Crippen molar-refractivity contribution in [1.29, 1.82) is 5.26 Å². The van der Waals surface area contributed by atoms with Crippen LogP contribution in [0, 0.1) is 18.3 Å². The lowest BCUT2D eigenvalue weighted by molar-refractivity contribution is 0.172. The first-order valence-electron chi connectivity index (χ1n) is 8.51. The summed E-state index contributed by atoms with van der Waals surface area (Å²) in [6.07, 6.45) is 4.75. The fourth-order valence-corrected chi connectivity index (χ4v) is 3.99. The van der Waals surface area contributed by atoms with Crippen molar-refractivity contribution < 1.29 is 4.74 Å². The standard InChI is InChI=1S/C19H18IN5O/c1-11-19(26-17-6-7-25(20)12(17)2)23-10-16(24-11)15-9-22-18-13(8-21)4-3-5-14(15)18/h3-5,9-10,12,17,22H,6-7H2,1-2H3/t12-,17-/m0/s1. The molecule has 26 heavy (non-hydrogen) atoms. The highest BCUT2D eigenvalue weighted by molar-refractivity contribution is 14.1. The fourth-order valence-electron chi connectivity index (χ4n) is 3.35. The zero-order chi connectivity index (χ0) is 18.3. The molecule has 1 saturated heterocycles. The first-order valence-corrected chi connectivity index (χ1v) is 9.48. The van der Waals surface area contributed by atoms with Gasteiger partial charge in [-0.3, -0.25) is 0 Å². The van der Waals surface area contributed by atoms with Gasteiger partial charge in [-0.2, -0.15) is 5.26 Å². The van der Waals surface area contributed by atoms with E-state index in [1.807, 2.05) is 25.3 Å². The number of benzene rings is 1. The second-order valence-corrected chi connectivity index (χ2v) is 7.74. The van der Waals surface area contributed by atoms with Crippen LogP contribution in [0.5, 0.6) is 5.88 Å². The molecular formula is C19H18IN5O. The molecule has 2 aromatic heterocycles. The summed E-state index contributed by atoms with van der Waals surface area (Å²) < 4.78 is 8.38. The molecule has 7 heteroatoms. The van der Waals surface area contributed by atoms with Crippen LogP contribution in [-0.4, -0.2) is 36.8 Å². The third-order valence-electron chi connectivity index (χ3n) is 4.88. The van der Waals surface area contributed by atoms with Crippen molar-refractivity contribution in [2.24, 2.45) is 0 Å². The Morgan fingerprint density at radius 3 is 2.96 bits per heavy atom. The van der Waals surface area contributed by atoms with E-state index in [1.54, 1.807) is 12.3 Å². The van der Waals surface area contributed by atoms with Crippen LogP contribution in [0.25, 0.3) is 22.2 Å². The molecule has 1 aliphatic heterocycles. The molecule has 0 amide bonds. The number of H-pyrrole nitrogens is 1. The molecule has 6 nitrogen and oxygen atoms in total. The van der Waals surface area contributed by atoms with Gasteiger partial charge in [0.25, 0.3) is 0 Å². The van der Waals surface area contributed by atoms with Crippen LogP contribution in [0.15, 0.2) is 30.6 Å². The summed E-state index contributed by atoms with van der Waals surface area (Å²) >= 11 is 2.34. The Bertz CT molecular complexity index is 1010. The van der Waals surface area contributed by atoms with E-state index in [4.69, 9.17) is 9.72 Å². The number of ether oxygens (including phenoxy) is 1. The van der Waals surface area contributed by atoms with Crippen molar-refractivity contribution in [3.8, 4) is 23.2 Å². The molecule has 2 atom stereocenters. The first-order chi connectivity index (χ1) is 12.6. The van der Waals surface area contributed by atoms with Gasteiger partial charge >= 0.3 is 0 Å². The maximum Gasteiger partial charge on any atom is 0.235 e. The Morgan fingerprint density at radius 2 is 2.27 bits per heavy atom. The molecule has 0 unspecified atom stereocenters. The van der Waals surface area contributed by atoms with Crippen molar-refractivity contribution in [3.05, 3.63) is 41.9 Å². The van der Waals surface area contributed by atoms with Crippen LogP contribution < -0.4 is 4.74 Å². The summed E-state index contributed by atoms with van der Waals surface area (Å²) in [7, 11) is 0. The maximum absolute atomic E-state index is 9.25. The van der Waals surface area contributed by atoms with Gasteiger partial charge in [0.15, 0.2) is 0 Å². The number of halogens is 1. The molecule has 3 aromatic rings. The van der Waals surface area contributed by atoms with E-state index in [0.717, 1.165) is 40.8 Å². The third-order valence-corrected chi connectivity index (χ3v) is 6.24. The van der Waals surface area contributed by atoms with Crippen molar-refractivity contribution in [2.45, 2.75) is 32.4 Å². The van der Waals surface area contributed by atoms with Gasteiger partial charge in [0.2, 0.25) is 5.88 Å². The lowest BCUT2D eigenvalue weighted by atomic mass is 10.1. The SMILES string of the molecule is Cc1nc(-c2c[nH]c3c(C#N)cccc23)cnc1O[C@H]1CCN(I)[C@H]1C. The summed E-state index contributed by atoms with van der Waals surface area (Å²) in [5, 5.41) is 10.2. The summed E-state index contributed by atoms with van der Waals surface area (Å²) in [5.41, 5.74) is 3.93. The smallest absolute Gasteiger partial charge is 0.235 e. The molecule has 0 spiro atoms. The van der Waals surface area contributed by atoms with Crippen molar-refractivity contribution in [3.63, 3.8) is 0 Å². The molecule has 132 valence electrons. The molecule has 4 rings (SSSR count). The Kier molecular flexibility index (Phi) is 4.54. The summed E-state index contributed by atoms with van der Waals surface area (Å²) in [6.45, 7) is 5.11. The number of aromatic nitrogens is 3. The molecule has 0 radical (unpaired) electrons. The number of fused-ring (bicyclic) bond motifs is 1. The Labute approximate surface area is 165 Å². The molecule has 1 aromatic carbocycles. The van der Waals surface area contributed by atoms with E-state index < -0.39 is 0 Å². The van der Waals surface area contributed by atoms with Crippen LogP contribution in [0.3, 0.4) is 0 Å². The highest BCUT2D eigenvalue weighted by Gasteiger charge is 2.31. The second kappa shape index (κ2) is 6.85. The Balaban J connectivity index is 1.66. The number of aryl methyl sites for hydroxylation is 1. The van der Waals surface area contributed by atoms with Gasteiger partial charge in [0.1, 0.15) is 17.9 Å². The number of nitrogens with zero attached hydrogens (tertiary/aromatic N) is 4. The van der Waals surface area contributed by atoms with Gasteiger partial charge in [0, 0.05) is 46.6 Å². The average molecular weight is 459 g/mol. The highest BCUT2D eigenvalue weighted by Crippen LogP contribution is 2.31. The number of aromatic amines is 1. The number of nitrogens with one attached hydrogen (secondary N) is 1. The van der Waals surface area contributed by atoms with E-state index in [0.29, 0.717) is 17.5 Å². The van der Waals surface area contributed by atoms with Crippen molar-refractivity contribution in [2.75, 3.05) is 6.54 Å². The second-order valence-electron chi connectivity index (χ2n) is 6.50. The van der Waals surface area contributed by atoms with Gasteiger partial charge in [-0.25, -0.2) is 13.1 Å². The zero-order valence-electron chi connectivity index (χ0n) is 14.5. The molecule has 1 aliphatic rings. The average Bonchev–Trinajstić information content (AvgIpc) is 3.22. The predicted molar refractivity (Wildman–Crippen MR) is 108 cm³/mol. The van der Waals surface area contributed by atoms with Gasteiger partial charge in [-0.05, 0) is 26.3 Å². The minimum absolute atomic E-state index is 0.136. The summed E-state index contributed by atoms with van der Waals surface area (Å²) in [5.74, 6) is 0.592. The quantitative estimate of drug-likeness (QED) is 0.474. The molecule has 0 bridgehead atoms. The molecule has 3 heterocycles. The maximum atomic E-state index is 9.25. The zero-order valence-corrected chi connectivity index (χ0v) is 16.7. The van der Waals surface area contributed by atoms with Gasteiger partial charge in [-0.1, -0.05) is 12.1 Å². The van der Waals surface area contributed by atoms with Crippen LogP contribution in [0.1, 0.15) is 24.6 Å². The van der Waals surface area contributed by atoms with E-state index in [1.165, 1.54) is 0 Å². The molecule has 0 saturated carbocycles. The van der Waals surface area contributed by atoms with E-state index >= 15 is 0 Å². The van der Waals surface area contributed by atoms with Crippen LogP contribution in [0.4, 0.5) is 0 Å². The van der Waals surface area contributed by atoms with E-state index in [9.17, 15) is 5.26 Å². The number of rotatable bonds is 3. The van der Waals surface area contributed by atoms with E-state index in [2.05, 4.69) is 48.9 Å². The van der Waals surface area contributed by atoms with Crippen LogP contribution in [0.2, 0.25) is 0 Å². The Morgan fingerprint density at radius 1 is 1.42 bits per heavy atom. The topological polar surface area (TPSA) is 77.8 Å². The van der Waals surface area contributed by atoms with Crippen LogP contribution >= 0.6 is 22.9 Å². The summed E-state index contributed by atoms with van der Waals surface area (Å²) in [4.78, 5) is 12.4. The Hall–Kier alpha value is -2.18. The van der Waals surface area contributed by atoms with Gasteiger partial charge < -0.3 is 9.72 Å². The monoisotopic (exact) mass is 459 g/mol. The molecule has 1 fully saturated rings. The number of hydrogen-bond donors (Lipinski definition) is 1. The van der Waals surface area contributed by atoms with Crippen molar-refractivity contribution in [1.82, 2.24) is 18.1 Å².